The summed E-state index contributed by atoms with van der Waals surface area (Å²) < 4.78 is 0. The molecule has 2 aliphatic heterocycles. The molecule has 1 aromatic heterocycles. The maximum atomic E-state index is 11.0. The Bertz CT molecular complexity index is 508. The average Bonchev–Trinajstić information content (AvgIpc) is 2.47. The molecule has 0 aromatic carbocycles. The van der Waals surface area contributed by atoms with Gasteiger partial charge in [-0.15, -0.1) is 0 Å². The van der Waals surface area contributed by atoms with E-state index in [1.807, 2.05) is 0 Å². The number of piperidine rings is 2. The van der Waals surface area contributed by atoms with Crippen LogP contribution in [-0.4, -0.2) is 58.7 Å². The maximum absolute atomic E-state index is 11.0. The third-order valence-electron chi connectivity index (χ3n) is 4.49. The predicted octanol–water partition coefficient (Wildman–Crippen LogP) is 1.10. The van der Waals surface area contributed by atoms with Gasteiger partial charge in [-0.1, -0.05) is 0 Å². The second kappa shape index (κ2) is 5.36. The highest BCUT2D eigenvalue weighted by molar-refractivity contribution is 5.85. The highest BCUT2D eigenvalue weighted by Gasteiger charge is 2.35. The molecule has 2 atom stereocenters. The van der Waals surface area contributed by atoms with Crippen LogP contribution in [0.4, 0.5) is 5.95 Å². The maximum Gasteiger partial charge on any atom is 0.354 e. The number of aromatic carboxylic acids is 1. The van der Waals surface area contributed by atoms with E-state index in [9.17, 15) is 4.79 Å². The number of carbonyl (C=O) groups is 1. The van der Waals surface area contributed by atoms with Gasteiger partial charge in [0.15, 0.2) is 5.69 Å². The Balaban J connectivity index is 1.76. The van der Waals surface area contributed by atoms with E-state index in [1.54, 1.807) is 0 Å². The summed E-state index contributed by atoms with van der Waals surface area (Å²) in [6.45, 7) is 3.01. The molecule has 3 heterocycles. The average molecular weight is 276 g/mol. The fraction of sp³-hybridized carbons (Fsp3) is 0.643. The minimum Gasteiger partial charge on any atom is -0.477 e. The van der Waals surface area contributed by atoms with Crippen molar-refractivity contribution in [2.24, 2.45) is 5.92 Å². The van der Waals surface area contributed by atoms with Crippen LogP contribution in [0.5, 0.6) is 0 Å². The molecule has 1 N–H and O–H groups in total. The first-order chi connectivity index (χ1) is 9.65. The van der Waals surface area contributed by atoms with Gasteiger partial charge in [0.05, 0.1) is 0 Å². The van der Waals surface area contributed by atoms with Crippen LogP contribution in [0.1, 0.15) is 29.8 Å². The van der Waals surface area contributed by atoms with E-state index in [1.165, 1.54) is 31.6 Å². The zero-order valence-corrected chi connectivity index (χ0v) is 11.7. The standard InChI is InChI=1S/C14H20N4O2/c1-17-7-2-3-10-9-18(8-5-12(10)17)14-15-6-4-11(16-14)13(19)20/h4,6,10,12H,2-3,5,7-9H2,1H3,(H,19,20). The summed E-state index contributed by atoms with van der Waals surface area (Å²) in [6, 6.07) is 2.09. The molecule has 0 aliphatic carbocycles. The van der Waals surface area contributed by atoms with Gasteiger partial charge in [-0.2, -0.15) is 0 Å². The molecule has 0 bridgehead atoms. The summed E-state index contributed by atoms with van der Waals surface area (Å²) in [6.07, 6.45) is 5.11. The number of hydrogen-bond acceptors (Lipinski definition) is 5. The first-order valence-corrected chi connectivity index (χ1v) is 7.16. The molecule has 0 spiro atoms. The van der Waals surface area contributed by atoms with Crippen LogP contribution < -0.4 is 4.90 Å². The molecule has 3 rings (SSSR count). The molecule has 0 radical (unpaired) electrons. The van der Waals surface area contributed by atoms with Crippen molar-refractivity contribution in [3.63, 3.8) is 0 Å². The van der Waals surface area contributed by atoms with Gasteiger partial charge in [0, 0.05) is 25.3 Å². The summed E-state index contributed by atoms with van der Waals surface area (Å²) in [5.41, 5.74) is 0.0675. The molecular formula is C14H20N4O2. The summed E-state index contributed by atoms with van der Waals surface area (Å²) in [5, 5.41) is 9.01. The summed E-state index contributed by atoms with van der Waals surface area (Å²) in [7, 11) is 2.20. The lowest BCUT2D eigenvalue weighted by molar-refractivity contribution is 0.0690. The number of likely N-dealkylation sites (tertiary alicyclic amines) is 1. The molecule has 108 valence electrons. The Hall–Kier alpha value is -1.69. The van der Waals surface area contributed by atoms with Crippen molar-refractivity contribution in [1.82, 2.24) is 14.9 Å². The van der Waals surface area contributed by atoms with Gasteiger partial charge in [-0.3, -0.25) is 0 Å². The smallest absolute Gasteiger partial charge is 0.354 e. The van der Waals surface area contributed by atoms with E-state index in [0.717, 1.165) is 19.5 Å². The topological polar surface area (TPSA) is 69.6 Å². The summed E-state index contributed by atoms with van der Waals surface area (Å²) >= 11 is 0. The third-order valence-corrected chi connectivity index (χ3v) is 4.49. The van der Waals surface area contributed by atoms with Crippen LogP contribution >= 0.6 is 0 Å². The molecule has 2 aliphatic rings. The Morgan fingerprint density at radius 3 is 3.05 bits per heavy atom. The predicted molar refractivity (Wildman–Crippen MR) is 75.0 cm³/mol. The van der Waals surface area contributed by atoms with Crippen molar-refractivity contribution >= 4 is 11.9 Å². The van der Waals surface area contributed by atoms with E-state index < -0.39 is 5.97 Å². The first kappa shape index (κ1) is 13.3. The Morgan fingerprint density at radius 1 is 1.40 bits per heavy atom. The molecular weight excluding hydrogens is 256 g/mol. The van der Waals surface area contributed by atoms with E-state index in [2.05, 4.69) is 26.8 Å². The third kappa shape index (κ3) is 2.47. The van der Waals surface area contributed by atoms with Gasteiger partial charge >= 0.3 is 5.97 Å². The normalized spacial score (nSPS) is 27.1. The van der Waals surface area contributed by atoms with Crippen LogP contribution in [0, 0.1) is 5.92 Å². The number of carboxylic acids is 1. The van der Waals surface area contributed by atoms with E-state index in [-0.39, 0.29) is 5.69 Å². The zero-order valence-electron chi connectivity index (χ0n) is 11.7. The monoisotopic (exact) mass is 276 g/mol. The molecule has 0 amide bonds. The Labute approximate surface area is 118 Å². The largest absolute Gasteiger partial charge is 0.477 e. The molecule has 20 heavy (non-hydrogen) atoms. The molecule has 6 nitrogen and oxygen atoms in total. The van der Waals surface area contributed by atoms with E-state index in [0.29, 0.717) is 17.9 Å². The number of anilines is 1. The molecule has 2 saturated heterocycles. The fourth-order valence-electron chi connectivity index (χ4n) is 3.45. The van der Waals surface area contributed by atoms with Crippen molar-refractivity contribution < 1.29 is 9.90 Å². The lowest BCUT2D eigenvalue weighted by Gasteiger charge is -2.45. The molecule has 6 heteroatoms. The highest BCUT2D eigenvalue weighted by atomic mass is 16.4. The quantitative estimate of drug-likeness (QED) is 0.872. The van der Waals surface area contributed by atoms with Gasteiger partial charge in [-0.05, 0) is 44.8 Å². The Kier molecular flexibility index (Phi) is 3.56. The van der Waals surface area contributed by atoms with Gasteiger partial charge < -0.3 is 14.9 Å². The van der Waals surface area contributed by atoms with Gasteiger partial charge in [0.1, 0.15) is 0 Å². The van der Waals surface area contributed by atoms with Crippen molar-refractivity contribution in [2.45, 2.75) is 25.3 Å². The number of rotatable bonds is 2. The Morgan fingerprint density at radius 2 is 2.25 bits per heavy atom. The van der Waals surface area contributed by atoms with Crippen LogP contribution in [-0.2, 0) is 0 Å². The zero-order chi connectivity index (χ0) is 14.1. The van der Waals surface area contributed by atoms with Crippen molar-refractivity contribution in [1.29, 1.82) is 0 Å². The number of fused-ring (bicyclic) bond motifs is 1. The SMILES string of the molecule is CN1CCCC2CN(c3nccc(C(=O)O)n3)CCC21. The molecule has 1 aromatic rings. The molecule has 2 fully saturated rings. The van der Waals surface area contributed by atoms with Crippen molar-refractivity contribution in [2.75, 3.05) is 31.6 Å². The van der Waals surface area contributed by atoms with Crippen LogP contribution in [0.25, 0.3) is 0 Å². The van der Waals surface area contributed by atoms with Crippen LogP contribution in [0.3, 0.4) is 0 Å². The minimum absolute atomic E-state index is 0.0675. The number of nitrogens with zero attached hydrogens (tertiary/aromatic N) is 4. The van der Waals surface area contributed by atoms with Gasteiger partial charge in [0.25, 0.3) is 0 Å². The van der Waals surface area contributed by atoms with Gasteiger partial charge in [-0.25, -0.2) is 14.8 Å². The fourth-order valence-corrected chi connectivity index (χ4v) is 3.45. The van der Waals surface area contributed by atoms with Crippen LogP contribution in [0.2, 0.25) is 0 Å². The second-order valence-corrected chi connectivity index (χ2v) is 5.73. The van der Waals surface area contributed by atoms with Crippen LogP contribution in [0.15, 0.2) is 12.3 Å². The molecule has 0 saturated carbocycles. The van der Waals surface area contributed by atoms with Crippen molar-refractivity contribution in [3.05, 3.63) is 18.0 Å². The lowest BCUT2D eigenvalue weighted by atomic mass is 9.84. The summed E-state index contributed by atoms with van der Waals surface area (Å²) in [5.74, 6) is 0.192. The van der Waals surface area contributed by atoms with Crippen molar-refractivity contribution in [3.8, 4) is 0 Å². The number of aromatic nitrogens is 2. The van der Waals surface area contributed by atoms with E-state index in [4.69, 9.17) is 5.11 Å². The number of hydrogen-bond donors (Lipinski definition) is 1. The minimum atomic E-state index is -0.999. The molecule has 2 unspecified atom stereocenters. The second-order valence-electron chi connectivity index (χ2n) is 5.73. The van der Waals surface area contributed by atoms with Gasteiger partial charge in [0.2, 0.25) is 5.95 Å². The first-order valence-electron chi connectivity index (χ1n) is 7.16. The van der Waals surface area contributed by atoms with E-state index >= 15 is 0 Å². The number of carboxylic acid groups (broad SMARTS) is 1. The lowest BCUT2D eigenvalue weighted by Crippen LogP contribution is -2.53. The summed E-state index contributed by atoms with van der Waals surface area (Å²) in [4.78, 5) is 24.0. The highest BCUT2D eigenvalue weighted by Crippen LogP contribution is 2.30.